The average molecular weight is 429 g/mol. The lowest BCUT2D eigenvalue weighted by Gasteiger charge is -2.57. The predicted octanol–water partition coefficient (Wildman–Crippen LogP) is 5.52. The summed E-state index contributed by atoms with van der Waals surface area (Å²) in [5.74, 6) is 0.688. The number of alkyl halides is 1. The van der Waals surface area contributed by atoms with Crippen LogP contribution in [0.2, 0.25) is 0 Å². The molecule has 0 aromatic heterocycles. The molecule has 2 unspecified atom stereocenters. The van der Waals surface area contributed by atoms with Crippen molar-refractivity contribution in [3.8, 4) is 0 Å². The normalized spacial score (nSPS) is 42.4. The van der Waals surface area contributed by atoms with Gasteiger partial charge in [-0.1, -0.05) is 51.1 Å². The fraction of sp³-hybridized carbons (Fsp3) is 0.741. The van der Waals surface area contributed by atoms with Crippen LogP contribution in [0.25, 0.3) is 0 Å². The highest BCUT2D eigenvalue weighted by molar-refractivity contribution is 5.47. The summed E-state index contributed by atoms with van der Waals surface area (Å²) < 4.78 is 13.6. The van der Waals surface area contributed by atoms with Crippen molar-refractivity contribution < 1.29 is 9.18 Å². The molecule has 172 valence electrons. The number of carbonyl (C=O) groups excluding carboxylic acids is 1. The molecule has 0 saturated heterocycles. The number of nitrogens with two attached hydrogens (primary N) is 1. The monoisotopic (exact) mass is 428 g/mol. The Morgan fingerprint density at radius 2 is 1.68 bits per heavy atom. The van der Waals surface area contributed by atoms with Crippen LogP contribution in [0.4, 0.5) is 4.39 Å². The van der Waals surface area contributed by atoms with E-state index in [-0.39, 0.29) is 17.5 Å². The SMILES string of the molecule is CC1(C)CC2CC(c3ccccc3)(C1)C[C@@](C)(CF)C2.NC1CC2(C1)CC(NC=O)C2. The minimum atomic E-state index is -0.168. The number of carbonyl (C=O) groups is 1. The van der Waals surface area contributed by atoms with Crippen LogP contribution in [-0.4, -0.2) is 25.2 Å². The van der Waals surface area contributed by atoms with E-state index in [9.17, 15) is 9.18 Å². The van der Waals surface area contributed by atoms with Crippen molar-refractivity contribution in [2.45, 2.75) is 96.1 Å². The van der Waals surface area contributed by atoms with E-state index in [2.05, 4.69) is 56.4 Å². The van der Waals surface area contributed by atoms with E-state index in [0.29, 0.717) is 28.8 Å². The van der Waals surface area contributed by atoms with E-state index in [0.717, 1.165) is 32.1 Å². The standard InChI is InChI=1S/C19H27F.C8H14N2O/c1-17(2)9-15-10-18(3,14-20)13-19(11-15,12-17)16-7-5-4-6-8-16;9-6-1-8(2-6)3-7(4-8)10-5-11/h4-8,15H,9-14H2,1-3H3;5-7H,1-4,9H2,(H,10,11)/t15?,18-,19?;/m0./s1. The quantitative estimate of drug-likeness (QED) is 0.620. The first-order valence-electron chi connectivity index (χ1n) is 12.2. The number of rotatable bonds is 4. The third-order valence-electron chi connectivity index (χ3n) is 8.65. The van der Waals surface area contributed by atoms with Gasteiger partial charge in [0, 0.05) is 12.1 Å². The molecule has 4 saturated carbocycles. The van der Waals surface area contributed by atoms with E-state index in [1.165, 1.54) is 37.7 Å². The molecular formula is C27H41FN2O. The Morgan fingerprint density at radius 1 is 1.00 bits per heavy atom. The van der Waals surface area contributed by atoms with Gasteiger partial charge in [0.15, 0.2) is 0 Å². The molecule has 4 aliphatic rings. The summed E-state index contributed by atoms with van der Waals surface area (Å²) in [6.45, 7) is 6.79. The van der Waals surface area contributed by atoms with Gasteiger partial charge in [0.05, 0.1) is 6.67 Å². The summed E-state index contributed by atoms with van der Waals surface area (Å²) in [5, 5.41) is 2.80. The van der Waals surface area contributed by atoms with Gasteiger partial charge < -0.3 is 11.1 Å². The third-order valence-corrected chi connectivity index (χ3v) is 8.65. The Morgan fingerprint density at radius 3 is 2.26 bits per heavy atom. The molecule has 1 aromatic rings. The molecular weight excluding hydrogens is 387 g/mol. The Bertz CT molecular complexity index is 767. The Balaban J connectivity index is 0.000000177. The lowest BCUT2D eigenvalue weighted by atomic mass is 9.48. The zero-order valence-corrected chi connectivity index (χ0v) is 19.6. The summed E-state index contributed by atoms with van der Waals surface area (Å²) in [4.78, 5) is 10.1. The predicted molar refractivity (Wildman–Crippen MR) is 124 cm³/mol. The van der Waals surface area contributed by atoms with Crippen LogP contribution in [0, 0.1) is 22.2 Å². The van der Waals surface area contributed by atoms with Gasteiger partial charge in [0.25, 0.3) is 0 Å². The van der Waals surface area contributed by atoms with Crippen molar-refractivity contribution in [2.75, 3.05) is 6.67 Å². The third kappa shape index (κ3) is 4.69. The first-order valence-corrected chi connectivity index (χ1v) is 12.2. The van der Waals surface area contributed by atoms with Gasteiger partial charge in [0.1, 0.15) is 0 Å². The van der Waals surface area contributed by atoms with Crippen molar-refractivity contribution >= 4 is 6.41 Å². The van der Waals surface area contributed by atoms with Crippen molar-refractivity contribution in [3.63, 3.8) is 0 Å². The molecule has 0 aliphatic heterocycles. The van der Waals surface area contributed by atoms with E-state index < -0.39 is 0 Å². The highest BCUT2D eigenvalue weighted by Gasteiger charge is 2.53. The van der Waals surface area contributed by atoms with Crippen LogP contribution in [0.3, 0.4) is 0 Å². The van der Waals surface area contributed by atoms with Gasteiger partial charge >= 0.3 is 0 Å². The van der Waals surface area contributed by atoms with Gasteiger partial charge in [0.2, 0.25) is 6.41 Å². The highest BCUT2D eigenvalue weighted by Crippen LogP contribution is 2.61. The maximum absolute atomic E-state index is 13.6. The Labute approximate surface area is 187 Å². The molecule has 4 fully saturated rings. The second-order valence-corrected chi connectivity index (χ2v) is 12.6. The van der Waals surface area contributed by atoms with Crippen molar-refractivity contribution in [2.24, 2.45) is 27.9 Å². The summed E-state index contributed by atoms with van der Waals surface area (Å²) in [6, 6.07) is 11.8. The molecule has 3 atom stereocenters. The van der Waals surface area contributed by atoms with E-state index in [1.54, 1.807) is 0 Å². The number of benzene rings is 1. The van der Waals surface area contributed by atoms with Crippen LogP contribution in [0.15, 0.2) is 30.3 Å². The molecule has 0 heterocycles. The first-order chi connectivity index (χ1) is 14.6. The fourth-order valence-corrected chi connectivity index (χ4v) is 8.13. The van der Waals surface area contributed by atoms with Crippen LogP contribution in [0.1, 0.15) is 84.1 Å². The molecule has 4 heteroatoms. The molecule has 1 amide bonds. The first kappa shape index (κ1) is 22.8. The maximum atomic E-state index is 13.6. The molecule has 31 heavy (non-hydrogen) atoms. The molecule has 5 rings (SSSR count). The number of hydrogen-bond donors (Lipinski definition) is 2. The number of nitrogens with one attached hydrogen (secondary N) is 1. The maximum Gasteiger partial charge on any atom is 0.207 e. The number of hydrogen-bond acceptors (Lipinski definition) is 2. The summed E-state index contributed by atoms with van der Waals surface area (Å²) in [6.07, 6.45) is 11.3. The second kappa shape index (κ2) is 8.17. The molecule has 1 aromatic carbocycles. The number of amides is 1. The number of halogens is 1. The Kier molecular flexibility index (Phi) is 6.00. The summed E-state index contributed by atoms with van der Waals surface area (Å²) >= 11 is 0. The van der Waals surface area contributed by atoms with Crippen molar-refractivity contribution in [1.82, 2.24) is 5.32 Å². The van der Waals surface area contributed by atoms with Crippen LogP contribution < -0.4 is 11.1 Å². The van der Waals surface area contributed by atoms with Crippen LogP contribution in [0.5, 0.6) is 0 Å². The smallest absolute Gasteiger partial charge is 0.207 e. The zero-order chi connectivity index (χ0) is 22.3. The molecule has 4 aliphatic carbocycles. The summed E-state index contributed by atoms with van der Waals surface area (Å²) in [7, 11) is 0. The fourth-order valence-electron chi connectivity index (χ4n) is 8.13. The van der Waals surface area contributed by atoms with Gasteiger partial charge in [-0.25, -0.2) is 0 Å². The second-order valence-electron chi connectivity index (χ2n) is 12.6. The van der Waals surface area contributed by atoms with Gasteiger partial charge in [-0.05, 0) is 90.9 Å². The zero-order valence-electron chi connectivity index (χ0n) is 19.6. The minimum absolute atomic E-state index is 0.116. The Hall–Kier alpha value is -1.42. The average Bonchev–Trinajstić information content (AvgIpc) is 2.65. The van der Waals surface area contributed by atoms with E-state index in [4.69, 9.17) is 5.73 Å². The molecule has 2 bridgehead atoms. The number of fused-ring (bicyclic) bond motifs is 2. The lowest BCUT2D eigenvalue weighted by molar-refractivity contribution is -0.112. The molecule has 3 nitrogen and oxygen atoms in total. The van der Waals surface area contributed by atoms with Gasteiger partial charge in [-0.2, -0.15) is 0 Å². The molecule has 1 spiro atoms. The highest BCUT2D eigenvalue weighted by atomic mass is 19.1. The van der Waals surface area contributed by atoms with Crippen LogP contribution in [-0.2, 0) is 10.2 Å². The van der Waals surface area contributed by atoms with Crippen LogP contribution >= 0.6 is 0 Å². The largest absolute Gasteiger partial charge is 0.356 e. The van der Waals surface area contributed by atoms with Gasteiger partial charge in [-0.3, -0.25) is 9.18 Å². The van der Waals surface area contributed by atoms with Crippen molar-refractivity contribution in [3.05, 3.63) is 35.9 Å². The topological polar surface area (TPSA) is 55.1 Å². The van der Waals surface area contributed by atoms with E-state index >= 15 is 0 Å². The van der Waals surface area contributed by atoms with E-state index in [1.807, 2.05) is 0 Å². The minimum Gasteiger partial charge on any atom is -0.356 e. The van der Waals surface area contributed by atoms with Crippen molar-refractivity contribution in [1.29, 1.82) is 0 Å². The van der Waals surface area contributed by atoms with Gasteiger partial charge in [-0.15, -0.1) is 0 Å². The molecule has 3 N–H and O–H groups in total. The summed E-state index contributed by atoms with van der Waals surface area (Å²) in [5.41, 5.74) is 8.15. The lowest BCUT2D eigenvalue weighted by Crippen LogP contribution is -2.58. The molecule has 0 radical (unpaired) electrons.